The second-order valence-corrected chi connectivity index (χ2v) is 10.6. The molecule has 0 aromatic heterocycles. The van der Waals surface area contributed by atoms with Gasteiger partial charge >= 0.3 is 0 Å². The number of carbonyl (C=O) groups excluding carboxylic acids is 1. The SMILES string of the molecule is O=C(NC1CCCc2ccccc21)C1CCN(S(=O)(=O)Cc2ccc(Cl)cc2)CC1. The number of hydrogen-bond acceptors (Lipinski definition) is 3. The minimum absolute atomic E-state index is 0.0418. The van der Waals surface area contributed by atoms with E-state index in [0.29, 0.717) is 31.0 Å². The molecule has 0 saturated carbocycles. The number of hydrogen-bond donors (Lipinski definition) is 1. The van der Waals surface area contributed by atoms with Crippen LogP contribution in [0, 0.1) is 5.92 Å². The number of fused-ring (bicyclic) bond motifs is 1. The molecule has 1 amide bonds. The van der Waals surface area contributed by atoms with Crippen molar-refractivity contribution < 1.29 is 13.2 Å². The minimum atomic E-state index is -3.41. The average molecular weight is 447 g/mol. The van der Waals surface area contributed by atoms with Crippen LogP contribution in [0.5, 0.6) is 0 Å². The van der Waals surface area contributed by atoms with E-state index in [-0.39, 0.29) is 23.6 Å². The predicted molar refractivity (Wildman–Crippen MR) is 119 cm³/mol. The van der Waals surface area contributed by atoms with Crippen LogP contribution in [0.3, 0.4) is 0 Å². The maximum Gasteiger partial charge on any atom is 0.223 e. The molecule has 1 fully saturated rings. The van der Waals surface area contributed by atoms with Gasteiger partial charge in [0.15, 0.2) is 0 Å². The zero-order chi connectivity index (χ0) is 21.1. The lowest BCUT2D eigenvalue weighted by Gasteiger charge is -2.32. The number of nitrogens with one attached hydrogen (secondary N) is 1. The highest BCUT2D eigenvalue weighted by molar-refractivity contribution is 7.88. The summed E-state index contributed by atoms with van der Waals surface area (Å²) in [7, 11) is -3.41. The van der Waals surface area contributed by atoms with Crippen LogP contribution in [0.4, 0.5) is 0 Å². The molecule has 1 unspecified atom stereocenters. The van der Waals surface area contributed by atoms with Crippen molar-refractivity contribution in [1.82, 2.24) is 9.62 Å². The van der Waals surface area contributed by atoms with E-state index in [4.69, 9.17) is 11.6 Å². The fraction of sp³-hybridized carbons (Fsp3) is 0.435. The summed E-state index contributed by atoms with van der Waals surface area (Å²) >= 11 is 5.88. The Kier molecular flexibility index (Phi) is 6.46. The monoisotopic (exact) mass is 446 g/mol. The van der Waals surface area contributed by atoms with Gasteiger partial charge in [0.05, 0.1) is 11.8 Å². The van der Waals surface area contributed by atoms with Crippen LogP contribution >= 0.6 is 11.6 Å². The van der Waals surface area contributed by atoms with E-state index in [0.717, 1.165) is 24.8 Å². The molecule has 1 saturated heterocycles. The summed E-state index contributed by atoms with van der Waals surface area (Å²) in [5.74, 6) is -0.132. The number of benzene rings is 2. The minimum Gasteiger partial charge on any atom is -0.349 e. The maximum atomic E-state index is 12.9. The van der Waals surface area contributed by atoms with Gasteiger partial charge < -0.3 is 5.32 Å². The van der Waals surface area contributed by atoms with Gasteiger partial charge in [-0.3, -0.25) is 4.79 Å². The van der Waals surface area contributed by atoms with Crippen molar-refractivity contribution >= 4 is 27.5 Å². The van der Waals surface area contributed by atoms with Gasteiger partial charge in [-0.1, -0.05) is 48.0 Å². The predicted octanol–water partition coefficient (Wildman–Crippen LogP) is 4.08. The molecule has 160 valence electrons. The zero-order valence-electron chi connectivity index (χ0n) is 16.9. The summed E-state index contributed by atoms with van der Waals surface area (Å²) < 4.78 is 27.0. The molecule has 0 radical (unpaired) electrons. The molecule has 7 heteroatoms. The molecule has 5 nitrogen and oxygen atoms in total. The van der Waals surface area contributed by atoms with E-state index in [9.17, 15) is 13.2 Å². The third kappa shape index (κ3) is 4.88. The quantitative estimate of drug-likeness (QED) is 0.752. The van der Waals surface area contributed by atoms with Crippen molar-refractivity contribution in [3.8, 4) is 0 Å². The maximum absolute atomic E-state index is 12.9. The Morgan fingerprint density at radius 2 is 1.73 bits per heavy atom. The van der Waals surface area contributed by atoms with E-state index in [1.54, 1.807) is 24.3 Å². The van der Waals surface area contributed by atoms with Gasteiger partial charge in [-0.15, -0.1) is 0 Å². The number of halogens is 1. The summed E-state index contributed by atoms with van der Waals surface area (Å²) in [5.41, 5.74) is 3.26. The molecule has 1 heterocycles. The molecule has 0 bridgehead atoms. The molecule has 1 atom stereocenters. The van der Waals surface area contributed by atoms with E-state index < -0.39 is 10.0 Å². The van der Waals surface area contributed by atoms with Gasteiger partial charge in [0.25, 0.3) is 0 Å². The Labute approximate surface area is 183 Å². The highest BCUT2D eigenvalue weighted by atomic mass is 35.5. The number of sulfonamides is 1. The highest BCUT2D eigenvalue weighted by Gasteiger charge is 2.32. The summed E-state index contributed by atoms with van der Waals surface area (Å²) in [6.45, 7) is 0.768. The van der Waals surface area contributed by atoms with Crippen LogP contribution in [0.15, 0.2) is 48.5 Å². The van der Waals surface area contributed by atoms with Crippen molar-refractivity contribution in [2.45, 2.75) is 43.9 Å². The van der Waals surface area contributed by atoms with E-state index in [2.05, 4.69) is 17.4 Å². The van der Waals surface area contributed by atoms with Crippen molar-refractivity contribution in [3.05, 3.63) is 70.2 Å². The smallest absolute Gasteiger partial charge is 0.223 e. The Hall–Kier alpha value is -1.89. The third-order valence-corrected chi connectivity index (χ3v) is 8.27. The first-order valence-corrected chi connectivity index (χ1v) is 12.5. The van der Waals surface area contributed by atoms with Crippen LogP contribution in [0.2, 0.25) is 5.02 Å². The van der Waals surface area contributed by atoms with Gasteiger partial charge in [-0.25, -0.2) is 12.7 Å². The number of nitrogens with zero attached hydrogens (tertiary/aromatic N) is 1. The molecular formula is C23H27ClN2O3S. The van der Waals surface area contributed by atoms with Crippen LogP contribution in [0.1, 0.15) is 48.4 Å². The van der Waals surface area contributed by atoms with Gasteiger partial charge in [0, 0.05) is 24.0 Å². The first kappa shape index (κ1) is 21.3. The fourth-order valence-corrected chi connectivity index (χ4v) is 6.16. The number of aryl methyl sites for hydroxylation is 1. The van der Waals surface area contributed by atoms with E-state index in [1.807, 2.05) is 12.1 Å². The van der Waals surface area contributed by atoms with Crippen LogP contribution in [-0.4, -0.2) is 31.7 Å². The fourth-order valence-electron chi connectivity index (χ4n) is 4.47. The summed E-state index contributed by atoms with van der Waals surface area (Å²) in [5, 5.41) is 3.81. The van der Waals surface area contributed by atoms with Crippen LogP contribution in [-0.2, 0) is 27.0 Å². The second-order valence-electron chi connectivity index (χ2n) is 8.21. The van der Waals surface area contributed by atoms with E-state index in [1.165, 1.54) is 15.4 Å². The van der Waals surface area contributed by atoms with Crippen molar-refractivity contribution in [3.63, 3.8) is 0 Å². The van der Waals surface area contributed by atoms with E-state index >= 15 is 0 Å². The number of rotatable bonds is 5. The molecule has 4 rings (SSSR count). The molecular weight excluding hydrogens is 420 g/mol. The normalized spacial score (nSPS) is 20.5. The summed E-state index contributed by atoms with van der Waals surface area (Å²) in [4.78, 5) is 12.9. The molecule has 2 aromatic rings. The molecule has 1 N–H and O–H groups in total. The first-order valence-electron chi connectivity index (χ1n) is 10.5. The molecule has 1 aliphatic carbocycles. The molecule has 30 heavy (non-hydrogen) atoms. The zero-order valence-corrected chi connectivity index (χ0v) is 18.5. The van der Waals surface area contributed by atoms with Crippen LogP contribution in [0.25, 0.3) is 0 Å². The lowest BCUT2D eigenvalue weighted by Crippen LogP contribution is -2.44. The Morgan fingerprint density at radius 3 is 2.47 bits per heavy atom. The van der Waals surface area contributed by atoms with Crippen LogP contribution < -0.4 is 5.32 Å². The summed E-state index contributed by atoms with van der Waals surface area (Å²) in [6.07, 6.45) is 4.20. The molecule has 2 aliphatic rings. The van der Waals surface area contributed by atoms with Gasteiger partial charge in [-0.2, -0.15) is 0 Å². The van der Waals surface area contributed by atoms with Gasteiger partial charge in [-0.05, 0) is 60.9 Å². The lowest BCUT2D eigenvalue weighted by atomic mass is 9.87. The van der Waals surface area contributed by atoms with Crippen molar-refractivity contribution in [1.29, 1.82) is 0 Å². The number of piperidine rings is 1. The standard InChI is InChI=1S/C23H27ClN2O3S/c24-20-10-8-17(9-11-20)16-30(28,29)26-14-12-19(13-15-26)23(27)25-22-7-3-5-18-4-1-2-6-21(18)22/h1-2,4,6,8-11,19,22H,3,5,7,12-16H2,(H,25,27). The Morgan fingerprint density at radius 1 is 1.03 bits per heavy atom. The average Bonchev–Trinajstić information content (AvgIpc) is 2.75. The highest BCUT2D eigenvalue weighted by Crippen LogP contribution is 2.30. The molecule has 1 aliphatic heterocycles. The summed E-state index contributed by atoms with van der Waals surface area (Å²) in [6, 6.07) is 15.2. The Bertz CT molecular complexity index is 999. The Balaban J connectivity index is 1.33. The number of amides is 1. The lowest BCUT2D eigenvalue weighted by molar-refractivity contribution is -0.127. The van der Waals surface area contributed by atoms with Crippen molar-refractivity contribution in [2.75, 3.05) is 13.1 Å². The van der Waals surface area contributed by atoms with Gasteiger partial charge in [0.1, 0.15) is 0 Å². The van der Waals surface area contributed by atoms with Crippen molar-refractivity contribution in [2.24, 2.45) is 5.92 Å². The van der Waals surface area contributed by atoms with Gasteiger partial charge in [0.2, 0.25) is 15.9 Å². The molecule has 2 aromatic carbocycles. The first-order chi connectivity index (χ1) is 14.4. The largest absolute Gasteiger partial charge is 0.349 e. The number of carbonyl (C=O) groups is 1. The third-order valence-electron chi connectivity index (χ3n) is 6.17. The topological polar surface area (TPSA) is 66.5 Å². The molecule has 0 spiro atoms. The second kappa shape index (κ2) is 9.08.